The van der Waals surface area contributed by atoms with Gasteiger partial charge in [-0.25, -0.2) is 0 Å². The second-order valence-electron chi connectivity index (χ2n) is 14.2. The second kappa shape index (κ2) is 13.8. The summed E-state index contributed by atoms with van der Waals surface area (Å²) in [5.74, 6) is -2.30. The van der Waals surface area contributed by atoms with Gasteiger partial charge in [0, 0.05) is 5.56 Å². The molecular formula is C39H52O6. The highest BCUT2D eigenvalue weighted by atomic mass is 16.5. The van der Waals surface area contributed by atoms with Crippen molar-refractivity contribution in [3.63, 3.8) is 0 Å². The number of hydrogen-bond acceptors (Lipinski definition) is 6. The van der Waals surface area contributed by atoms with E-state index in [4.69, 9.17) is 4.74 Å². The van der Waals surface area contributed by atoms with Crippen molar-refractivity contribution in [1.29, 1.82) is 0 Å². The molecule has 0 heterocycles. The summed E-state index contributed by atoms with van der Waals surface area (Å²) in [5, 5.41) is 22.3. The Morgan fingerprint density at radius 3 is 1.98 bits per heavy atom. The molecule has 0 aromatic heterocycles. The predicted octanol–water partition coefficient (Wildman–Crippen LogP) is 9.21. The van der Waals surface area contributed by atoms with E-state index in [1.165, 1.54) is 25.3 Å². The van der Waals surface area contributed by atoms with Crippen molar-refractivity contribution in [3.8, 4) is 11.5 Å². The highest BCUT2D eigenvalue weighted by Crippen LogP contribution is 2.67. The van der Waals surface area contributed by atoms with Gasteiger partial charge in [-0.2, -0.15) is 0 Å². The Balaban J connectivity index is 2.51. The van der Waals surface area contributed by atoms with E-state index in [0.717, 1.165) is 22.3 Å². The number of aliphatic hydroxyl groups excluding tert-OH is 1. The zero-order chi connectivity index (χ0) is 33.9. The molecule has 2 fully saturated rings. The van der Waals surface area contributed by atoms with Crippen LogP contribution in [0.4, 0.5) is 0 Å². The SMILES string of the molecule is COc1ccc(/C(O)=C2/C(=O)[C@]3(CC=C(C)C)C[C@H](CC=C(C)C)[C@@](C)(CCC=C(C)C)[C@](CC=C(C)C)(C2=O)C3=O)cc1O. The molecule has 0 spiro atoms. The van der Waals surface area contributed by atoms with Crippen molar-refractivity contribution in [2.24, 2.45) is 22.2 Å². The Bertz CT molecular complexity index is 1500. The first-order chi connectivity index (χ1) is 21.0. The van der Waals surface area contributed by atoms with Crippen molar-refractivity contribution >= 4 is 23.1 Å². The molecule has 2 aliphatic carbocycles. The van der Waals surface area contributed by atoms with E-state index in [0.29, 0.717) is 19.3 Å². The van der Waals surface area contributed by atoms with Gasteiger partial charge in [0.2, 0.25) is 0 Å². The number of carbonyl (C=O) groups is 3. The number of fused-ring (bicyclic) bond motifs is 2. The Morgan fingerprint density at radius 2 is 1.44 bits per heavy atom. The number of allylic oxidation sites excluding steroid dienone is 9. The molecular weight excluding hydrogens is 564 g/mol. The summed E-state index contributed by atoms with van der Waals surface area (Å²) in [6.07, 6.45) is 10.6. The van der Waals surface area contributed by atoms with Crippen LogP contribution in [0.3, 0.4) is 0 Å². The highest BCUT2D eigenvalue weighted by Gasteiger charge is 2.74. The number of hydrogen-bond donors (Lipinski definition) is 2. The molecule has 0 unspecified atom stereocenters. The van der Waals surface area contributed by atoms with Crippen LogP contribution in [0.15, 0.2) is 70.4 Å². The van der Waals surface area contributed by atoms with Gasteiger partial charge in [0.1, 0.15) is 16.7 Å². The zero-order valence-electron chi connectivity index (χ0n) is 28.9. The predicted molar refractivity (Wildman–Crippen MR) is 181 cm³/mol. The molecule has 0 saturated heterocycles. The van der Waals surface area contributed by atoms with E-state index in [2.05, 4.69) is 19.1 Å². The van der Waals surface area contributed by atoms with Gasteiger partial charge < -0.3 is 14.9 Å². The monoisotopic (exact) mass is 616 g/mol. The highest BCUT2D eigenvalue weighted by molar-refractivity contribution is 6.41. The summed E-state index contributed by atoms with van der Waals surface area (Å²) < 4.78 is 5.17. The lowest BCUT2D eigenvalue weighted by molar-refractivity contribution is -0.178. The molecule has 1 aromatic rings. The van der Waals surface area contributed by atoms with Gasteiger partial charge in [-0.05, 0) is 123 Å². The summed E-state index contributed by atoms with van der Waals surface area (Å²) in [6, 6.07) is 4.26. The van der Waals surface area contributed by atoms with Crippen molar-refractivity contribution in [3.05, 3.63) is 75.9 Å². The molecule has 1 aromatic carbocycles. The van der Waals surface area contributed by atoms with Crippen molar-refractivity contribution in [1.82, 2.24) is 0 Å². The van der Waals surface area contributed by atoms with Crippen molar-refractivity contribution in [2.45, 2.75) is 101 Å². The van der Waals surface area contributed by atoms with Crippen LogP contribution in [0.2, 0.25) is 0 Å². The molecule has 4 atom stereocenters. The van der Waals surface area contributed by atoms with Crippen molar-refractivity contribution in [2.75, 3.05) is 7.11 Å². The fourth-order valence-corrected chi connectivity index (χ4v) is 7.29. The Morgan fingerprint density at radius 1 is 0.867 bits per heavy atom. The van der Waals surface area contributed by atoms with Crippen LogP contribution >= 0.6 is 0 Å². The lowest BCUT2D eigenvalue weighted by Gasteiger charge is -2.61. The summed E-state index contributed by atoms with van der Waals surface area (Å²) in [4.78, 5) is 45.2. The first-order valence-corrected chi connectivity index (χ1v) is 16.0. The maximum atomic E-state index is 15.2. The lowest BCUT2D eigenvalue weighted by Crippen LogP contribution is -2.70. The lowest BCUT2D eigenvalue weighted by atomic mass is 9.37. The van der Waals surface area contributed by atoms with E-state index in [1.54, 1.807) is 0 Å². The number of phenolic OH excluding ortho intramolecular Hbond substituents is 1. The van der Waals surface area contributed by atoms with Crippen LogP contribution in [0.5, 0.6) is 11.5 Å². The molecule has 2 bridgehead atoms. The number of ether oxygens (including phenoxy) is 1. The van der Waals surface area contributed by atoms with Gasteiger partial charge in [0.15, 0.2) is 28.8 Å². The zero-order valence-corrected chi connectivity index (χ0v) is 28.9. The number of methoxy groups -OCH3 is 1. The molecule has 6 nitrogen and oxygen atoms in total. The molecule has 3 rings (SSSR count). The summed E-state index contributed by atoms with van der Waals surface area (Å²) in [6.45, 7) is 17.9. The van der Waals surface area contributed by atoms with Crippen LogP contribution in [0, 0.1) is 22.2 Å². The number of carbonyl (C=O) groups excluding carboxylic acids is 3. The van der Waals surface area contributed by atoms with E-state index in [1.807, 2.05) is 67.5 Å². The number of benzene rings is 1. The smallest absolute Gasteiger partial charge is 0.184 e. The van der Waals surface area contributed by atoms with Crippen LogP contribution in [-0.2, 0) is 14.4 Å². The molecule has 0 amide bonds. The topological polar surface area (TPSA) is 101 Å². The van der Waals surface area contributed by atoms with Gasteiger partial charge in [-0.3, -0.25) is 14.4 Å². The number of aromatic hydroxyl groups is 1. The number of phenols is 1. The number of aliphatic hydroxyl groups is 1. The molecule has 2 N–H and O–H groups in total. The summed E-state index contributed by atoms with van der Waals surface area (Å²) >= 11 is 0. The second-order valence-corrected chi connectivity index (χ2v) is 14.2. The third-order valence-electron chi connectivity index (χ3n) is 9.96. The van der Waals surface area contributed by atoms with E-state index in [9.17, 15) is 15.0 Å². The average molecular weight is 617 g/mol. The first kappa shape index (κ1) is 35.8. The van der Waals surface area contributed by atoms with E-state index < -0.39 is 33.6 Å². The van der Waals surface area contributed by atoms with Gasteiger partial charge in [0.05, 0.1) is 12.5 Å². The molecule has 0 radical (unpaired) electrons. The van der Waals surface area contributed by atoms with Gasteiger partial charge in [-0.15, -0.1) is 0 Å². The average Bonchev–Trinajstić information content (AvgIpc) is 2.95. The maximum absolute atomic E-state index is 15.2. The fourth-order valence-electron chi connectivity index (χ4n) is 7.29. The molecule has 2 saturated carbocycles. The molecule has 6 heteroatoms. The fraction of sp³-hybridized carbons (Fsp3) is 0.513. The minimum Gasteiger partial charge on any atom is -0.506 e. The molecule has 45 heavy (non-hydrogen) atoms. The molecule has 2 aliphatic rings. The number of Topliss-reactive ketones (excluding diaryl/α,β-unsaturated/α-hetero) is 3. The minimum atomic E-state index is -1.58. The molecule has 244 valence electrons. The van der Waals surface area contributed by atoms with E-state index in [-0.39, 0.29) is 53.6 Å². The van der Waals surface area contributed by atoms with Crippen LogP contribution in [0.1, 0.15) is 106 Å². The Kier molecular flexibility index (Phi) is 10.9. The van der Waals surface area contributed by atoms with Gasteiger partial charge in [-0.1, -0.05) is 53.5 Å². The van der Waals surface area contributed by atoms with Gasteiger partial charge in [0.25, 0.3) is 0 Å². The number of ketones is 3. The van der Waals surface area contributed by atoms with Crippen molar-refractivity contribution < 1.29 is 29.3 Å². The number of rotatable bonds is 11. The standard InChI is InChI=1S/C39H52O6/c1-24(2)12-11-19-37(9)29(15-13-25(3)4)23-38(20-17-26(5)6)34(42)32(33(41)28-14-16-31(45-10)30(40)22-28)35(43)39(37,36(38)44)21-18-27(7)8/h12-14,16-18,22,29,40-41H,11,15,19-21,23H2,1-10H3/b33-32+/t29-,37+,38-,39+/m0/s1. The maximum Gasteiger partial charge on any atom is 0.184 e. The summed E-state index contributed by atoms with van der Waals surface area (Å²) in [7, 11) is 1.41. The molecule has 0 aliphatic heterocycles. The normalized spacial score (nSPS) is 27.0. The van der Waals surface area contributed by atoms with Crippen LogP contribution in [0.25, 0.3) is 5.76 Å². The van der Waals surface area contributed by atoms with Crippen LogP contribution in [-0.4, -0.2) is 34.7 Å². The summed E-state index contributed by atoms with van der Waals surface area (Å²) in [5.41, 5.74) is 0.0455. The van der Waals surface area contributed by atoms with E-state index >= 15 is 9.59 Å². The first-order valence-electron chi connectivity index (χ1n) is 16.0. The third-order valence-corrected chi connectivity index (χ3v) is 9.96. The quantitative estimate of drug-likeness (QED) is 0.0845. The largest absolute Gasteiger partial charge is 0.506 e. The Labute approximate surface area is 269 Å². The van der Waals surface area contributed by atoms with Gasteiger partial charge >= 0.3 is 0 Å². The third kappa shape index (κ3) is 6.52. The Hall–Kier alpha value is -3.67. The minimum absolute atomic E-state index is 0.111. The van der Waals surface area contributed by atoms with Crippen LogP contribution < -0.4 is 4.74 Å².